The fourth-order valence-corrected chi connectivity index (χ4v) is 4.22. The fourth-order valence-electron chi connectivity index (χ4n) is 3.86. The molecule has 0 saturated carbocycles. The fraction of sp³-hybridized carbons (Fsp3) is 0.200. The summed E-state index contributed by atoms with van der Waals surface area (Å²) in [5, 5.41) is 2.95. The third-order valence-electron chi connectivity index (χ3n) is 5.56. The number of amides is 1. The highest BCUT2D eigenvalue weighted by Gasteiger charge is 2.27. The van der Waals surface area contributed by atoms with Crippen molar-refractivity contribution in [1.82, 2.24) is 0 Å². The van der Waals surface area contributed by atoms with E-state index < -0.39 is 0 Å². The molecule has 146 valence electrons. The van der Waals surface area contributed by atoms with Gasteiger partial charge in [0.25, 0.3) is 5.91 Å². The average Bonchev–Trinajstić information content (AvgIpc) is 2.72. The molecule has 1 aliphatic rings. The molecule has 0 aromatic heterocycles. The number of benzene rings is 3. The zero-order valence-electron chi connectivity index (χ0n) is 16.2. The predicted molar refractivity (Wildman–Crippen MR) is 120 cm³/mol. The molecule has 0 bridgehead atoms. The quantitative estimate of drug-likeness (QED) is 0.532. The van der Waals surface area contributed by atoms with E-state index in [1.54, 1.807) is 0 Å². The van der Waals surface area contributed by atoms with Gasteiger partial charge in [0, 0.05) is 27.2 Å². The highest BCUT2D eigenvalue weighted by Crippen LogP contribution is 2.30. The van der Waals surface area contributed by atoms with Gasteiger partial charge in [-0.3, -0.25) is 9.59 Å². The predicted octanol–water partition coefficient (Wildman–Crippen LogP) is 6.00. The largest absolute Gasteiger partial charge is 0.322 e. The maximum Gasteiger partial charge on any atom is 0.255 e. The molecule has 1 aliphatic carbocycles. The van der Waals surface area contributed by atoms with E-state index in [9.17, 15) is 9.59 Å². The number of Topliss-reactive ketones (excluding diaryl/α,β-unsaturated/α-hetero) is 1. The lowest BCUT2D eigenvalue weighted by molar-refractivity contribution is 0.0900. The zero-order valence-corrected chi connectivity index (χ0v) is 17.8. The number of ketones is 1. The lowest BCUT2D eigenvalue weighted by atomic mass is 9.80. The van der Waals surface area contributed by atoms with E-state index in [2.05, 4.69) is 21.2 Å². The first-order valence-electron chi connectivity index (χ1n) is 9.80. The van der Waals surface area contributed by atoms with Crippen LogP contribution in [0.1, 0.15) is 43.8 Å². The van der Waals surface area contributed by atoms with Crippen molar-refractivity contribution in [2.75, 3.05) is 5.32 Å². The Hall–Kier alpha value is -2.72. The van der Waals surface area contributed by atoms with Gasteiger partial charge in [-0.25, -0.2) is 0 Å². The summed E-state index contributed by atoms with van der Waals surface area (Å²) in [4.78, 5) is 25.4. The summed E-state index contributed by atoms with van der Waals surface area (Å²) < 4.78 is 0.939. The number of fused-ring (bicyclic) bond motifs is 1. The Kier molecular flexibility index (Phi) is 5.63. The molecule has 0 heterocycles. The molecule has 1 N–H and O–H groups in total. The van der Waals surface area contributed by atoms with E-state index in [1.807, 2.05) is 73.7 Å². The number of hydrogen-bond acceptors (Lipinski definition) is 2. The smallest absolute Gasteiger partial charge is 0.255 e. The average molecular weight is 448 g/mol. The molecule has 3 nitrogen and oxygen atoms in total. The van der Waals surface area contributed by atoms with Crippen LogP contribution in [0.25, 0.3) is 0 Å². The van der Waals surface area contributed by atoms with Crippen LogP contribution in [0.2, 0.25) is 0 Å². The molecule has 0 aliphatic heterocycles. The van der Waals surface area contributed by atoms with Crippen LogP contribution in [0, 0.1) is 12.8 Å². The summed E-state index contributed by atoms with van der Waals surface area (Å²) >= 11 is 3.46. The van der Waals surface area contributed by atoms with E-state index in [4.69, 9.17) is 0 Å². The number of anilines is 1. The van der Waals surface area contributed by atoms with Crippen LogP contribution in [-0.2, 0) is 12.8 Å². The second-order valence-corrected chi connectivity index (χ2v) is 8.49. The molecular weight excluding hydrogens is 426 g/mol. The maximum absolute atomic E-state index is 12.9. The lowest BCUT2D eigenvalue weighted by Crippen LogP contribution is -2.24. The van der Waals surface area contributed by atoms with Gasteiger partial charge in [-0.1, -0.05) is 52.3 Å². The van der Waals surface area contributed by atoms with E-state index in [1.165, 1.54) is 0 Å². The topological polar surface area (TPSA) is 46.2 Å². The number of carbonyl (C=O) groups is 2. The summed E-state index contributed by atoms with van der Waals surface area (Å²) in [6.45, 7) is 1.97. The van der Waals surface area contributed by atoms with Crippen molar-refractivity contribution in [3.05, 3.63) is 99.0 Å². The first-order valence-corrected chi connectivity index (χ1v) is 10.6. The van der Waals surface area contributed by atoms with Crippen molar-refractivity contribution in [1.29, 1.82) is 0 Å². The number of halogens is 1. The van der Waals surface area contributed by atoms with Gasteiger partial charge in [0.15, 0.2) is 5.78 Å². The third-order valence-corrected chi connectivity index (χ3v) is 6.06. The summed E-state index contributed by atoms with van der Waals surface area (Å²) in [5.41, 5.74) is 5.51. The minimum absolute atomic E-state index is 0.0107. The van der Waals surface area contributed by atoms with E-state index in [0.29, 0.717) is 12.0 Å². The van der Waals surface area contributed by atoms with Crippen LogP contribution < -0.4 is 5.32 Å². The van der Waals surface area contributed by atoms with E-state index >= 15 is 0 Å². The van der Waals surface area contributed by atoms with Crippen molar-refractivity contribution in [3.63, 3.8) is 0 Å². The van der Waals surface area contributed by atoms with E-state index in [0.717, 1.165) is 45.3 Å². The molecule has 0 saturated heterocycles. The van der Waals surface area contributed by atoms with Gasteiger partial charge in [-0.15, -0.1) is 0 Å². The molecule has 1 atom stereocenters. The maximum atomic E-state index is 12.9. The number of nitrogens with one attached hydrogen (secondary N) is 1. The summed E-state index contributed by atoms with van der Waals surface area (Å²) in [5.74, 6) is 0.0794. The van der Waals surface area contributed by atoms with Gasteiger partial charge >= 0.3 is 0 Å². The summed E-state index contributed by atoms with van der Waals surface area (Å²) in [6.07, 6.45) is 2.49. The van der Waals surface area contributed by atoms with Crippen molar-refractivity contribution >= 4 is 33.3 Å². The Morgan fingerprint density at radius 1 is 1.07 bits per heavy atom. The van der Waals surface area contributed by atoms with E-state index in [-0.39, 0.29) is 17.6 Å². The minimum atomic E-state index is -0.127. The van der Waals surface area contributed by atoms with Crippen molar-refractivity contribution in [2.24, 2.45) is 5.92 Å². The van der Waals surface area contributed by atoms with Crippen LogP contribution in [-0.4, -0.2) is 11.7 Å². The second kappa shape index (κ2) is 8.34. The third kappa shape index (κ3) is 4.33. The molecule has 3 aromatic carbocycles. The molecule has 4 rings (SSSR count). The monoisotopic (exact) mass is 447 g/mol. The molecular formula is C25H22BrNO2. The Morgan fingerprint density at radius 2 is 1.83 bits per heavy atom. The molecule has 0 spiro atoms. The van der Waals surface area contributed by atoms with Gasteiger partial charge in [0.05, 0.1) is 0 Å². The number of carbonyl (C=O) groups excluding carboxylic acids is 2. The highest BCUT2D eigenvalue weighted by molar-refractivity contribution is 9.10. The Labute approximate surface area is 179 Å². The minimum Gasteiger partial charge on any atom is -0.322 e. The van der Waals surface area contributed by atoms with Gasteiger partial charge in [0.1, 0.15) is 0 Å². The van der Waals surface area contributed by atoms with Crippen molar-refractivity contribution < 1.29 is 9.59 Å². The molecule has 0 fully saturated rings. The van der Waals surface area contributed by atoms with Crippen LogP contribution >= 0.6 is 15.9 Å². The molecule has 29 heavy (non-hydrogen) atoms. The molecule has 4 heteroatoms. The van der Waals surface area contributed by atoms with Gasteiger partial charge < -0.3 is 5.32 Å². The Morgan fingerprint density at radius 3 is 2.59 bits per heavy atom. The first-order chi connectivity index (χ1) is 14.0. The number of hydrogen-bond donors (Lipinski definition) is 1. The lowest BCUT2D eigenvalue weighted by Gasteiger charge is -2.23. The zero-order chi connectivity index (χ0) is 20.4. The normalized spacial score (nSPS) is 15.7. The molecule has 1 unspecified atom stereocenters. The first kappa shape index (κ1) is 19.6. The standard InChI is InChI=1S/C25H22BrNO2/c1-16-4-2-3-5-23(16)27-25(29)19-8-6-17(7-9-19)14-20-11-10-18-12-13-21(26)15-22(18)24(20)28/h2-9,12-13,15,20H,10-11,14H2,1H3,(H,27,29). The number of aryl methyl sites for hydroxylation is 2. The molecule has 0 radical (unpaired) electrons. The van der Waals surface area contributed by atoms with Crippen LogP contribution in [0.5, 0.6) is 0 Å². The van der Waals surface area contributed by atoms with Crippen LogP contribution in [0.15, 0.2) is 71.2 Å². The molecule has 1 amide bonds. The highest BCUT2D eigenvalue weighted by atomic mass is 79.9. The molecule has 3 aromatic rings. The van der Waals surface area contributed by atoms with Crippen molar-refractivity contribution in [3.8, 4) is 0 Å². The summed E-state index contributed by atoms with van der Waals surface area (Å²) in [6, 6.07) is 21.3. The Bertz CT molecular complexity index is 1070. The van der Waals surface area contributed by atoms with Gasteiger partial charge in [0.2, 0.25) is 0 Å². The number of rotatable bonds is 4. The van der Waals surface area contributed by atoms with Crippen LogP contribution in [0.4, 0.5) is 5.69 Å². The van der Waals surface area contributed by atoms with Gasteiger partial charge in [-0.2, -0.15) is 0 Å². The number of para-hydroxylation sites is 1. The second-order valence-electron chi connectivity index (χ2n) is 7.57. The van der Waals surface area contributed by atoms with Gasteiger partial charge in [-0.05, 0) is 73.2 Å². The summed E-state index contributed by atoms with van der Waals surface area (Å²) in [7, 11) is 0. The SMILES string of the molecule is Cc1ccccc1NC(=O)c1ccc(CC2CCc3ccc(Br)cc3C2=O)cc1. The Balaban J connectivity index is 1.44. The van der Waals surface area contributed by atoms with Crippen LogP contribution in [0.3, 0.4) is 0 Å². The van der Waals surface area contributed by atoms with Crippen molar-refractivity contribution in [2.45, 2.75) is 26.2 Å².